The van der Waals surface area contributed by atoms with Crippen molar-refractivity contribution in [2.24, 2.45) is 21.7 Å². The molecule has 0 radical (unpaired) electrons. The van der Waals surface area contributed by atoms with Crippen molar-refractivity contribution in [1.29, 1.82) is 0 Å². The topological polar surface area (TPSA) is 234 Å². The van der Waals surface area contributed by atoms with Gasteiger partial charge in [0.25, 0.3) is 0 Å². The largest absolute Gasteiger partial charge is 0.465 e. The van der Waals surface area contributed by atoms with Gasteiger partial charge in [-0.2, -0.15) is 0 Å². The van der Waals surface area contributed by atoms with Gasteiger partial charge in [0.2, 0.25) is 0 Å². The van der Waals surface area contributed by atoms with Crippen LogP contribution in [0.25, 0.3) is 0 Å². The molecule has 0 saturated heterocycles. The zero-order chi connectivity index (χ0) is 44.7. The van der Waals surface area contributed by atoms with Crippen molar-refractivity contribution >= 4 is 48.0 Å². The summed E-state index contributed by atoms with van der Waals surface area (Å²) in [5.41, 5.74) is -3.96. The van der Waals surface area contributed by atoms with E-state index in [1.165, 1.54) is 6.08 Å². The van der Waals surface area contributed by atoms with Crippen molar-refractivity contribution in [3.63, 3.8) is 0 Å². The van der Waals surface area contributed by atoms with Crippen LogP contribution < -0.4 is 10.6 Å². The summed E-state index contributed by atoms with van der Waals surface area (Å²) in [5.74, 6) is -4.57. The monoisotopic (exact) mass is 834 g/mol. The third-order valence-corrected chi connectivity index (χ3v) is 8.87. The number of carbonyl (C=O) groups is 8. The maximum absolute atomic E-state index is 13.3. The van der Waals surface area contributed by atoms with Crippen molar-refractivity contribution in [2.75, 3.05) is 59.4 Å². The van der Waals surface area contributed by atoms with Gasteiger partial charge in [0.1, 0.15) is 63.7 Å². The molecule has 328 valence electrons. The summed E-state index contributed by atoms with van der Waals surface area (Å²) >= 11 is 0. The Morgan fingerprint density at radius 2 is 0.966 bits per heavy atom. The van der Waals surface area contributed by atoms with Crippen molar-refractivity contribution in [3.8, 4) is 0 Å². The molecular formula is C41H58N2O16. The van der Waals surface area contributed by atoms with Crippen LogP contribution >= 0.6 is 0 Å². The van der Waals surface area contributed by atoms with E-state index in [9.17, 15) is 38.4 Å². The lowest BCUT2D eigenvalue weighted by Gasteiger charge is -2.46. The molecule has 18 heteroatoms. The fraction of sp³-hybridized carbons (Fsp3) is 0.561. The normalized spacial score (nSPS) is 16.9. The highest BCUT2D eigenvalue weighted by Crippen LogP contribution is 2.46. The summed E-state index contributed by atoms with van der Waals surface area (Å²) in [7, 11) is 0. The van der Waals surface area contributed by atoms with Crippen LogP contribution in [-0.2, 0) is 66.7 Å². The molecule has 1 rings (SSSR count). The number of alkyl carbamates (subject to hydrolysis) is 2. The number of carbonyl (C=O) groups excluding carboxylic acids is 8. The average Bonchev–Trinajstić information content (AvgIpc) is 3.20. The smallest absolute Gasteiger partial charge is 0.407 e. The van der Waals surface area contributed by atoms with Crippen molar-refractivity contribution in [1.82, 2.24) is 10.6 Å². The Morgan fingerprint density at radius 1 is 0.576 bits per heavy atom. The Labute approximate surface area is 344 Å². The molecule has 18 nitrogen and oxygen atoms in total. The quantitative estimate of drug-likeness (QED) is 0.0543. The summed E-state index contributed by atoms with van der Waals surface area (Å²) in [4.78, 5) is 98.5. The fourth-order valence-corrected chi connectivity index (χ4v) is 6.23. The van der Waals surface area contributed by atoms with Crippen molar-refractivity contribution in [2.45, 2.75) is 65.8 Å². The first-order valence-corrected chi connectivity index (χ1v) is 18.6. The van der Waals surface area contributed by atoms with E-state index in [-0.39, 0.29) is 24.8 Å². The van der Waals surface area contributed by atoms with Gasteiger partial charge in [0.05, 0.1) is 6.42 Å². The molecule has 1 aliphatic carbocycles. The molecule has 2 atom stereocenters. The number of hydrogen-bond donors (Lipinski definition) is 2. The molecule has 0 bridgehead atoms. The average molecular weight is 835 g/mol. The molecule has 0 spiro atoms. The van der Waals surface area contributed by atoms with Gasteiger partial charge in [-0.3, -0.25) is 9.59 Å². The van der Waals surface area contributed by atoms with E-state index >= 15 is 0 Å². The van der Waals surface area contributed by atoms with Crippen LogP contribution in [-0.4, -0.2) is 113 Å². The number of rotatable bonds is 26. The van der Waals surface area contributed by atoms with Gasteiger partial charge in [-0.15, -0.1) is 6.58 Å². The summed E-state index contributed by atoms with van der Waals surface area (Å²) in [5, 5.41) is 5.58. The van der Waals surface area contributed by atoms with Gasteiger partial charge in [0.15, 0.2) is 0 Å². The van der Waals surface area contributed by atoms with Crippen molar-refractivity contribution in [3.05, 3.63) is 63.3 Å². The summed E-state index contributed by atoms with van der Waals surface area (Å²) < 4.78 is 42.4. The van der Waals surface area contributed by atoms with Crippen molar-refractivity contribution < 1.29 is 76.3 Å². The lowest BCUT2D eigenvalue weighted by molar-refractivity contribution is -0.163. The Bertz CT molecular complexity index is 1520. The second-order valence-corrected chi connectivity index (χ2v) is 15.3. The molecule has 0 aromatic carbocycles. The zero-order valence-corrected chi connectivity index (χ0v) is 34.4. The Morgan fingerprint density at radius 3 is 1.37 bits per heavy atom. The molecule has 59 heavy (non-hydrogen) atoms. The minimum Gasteiger partial charge on any atom is -0.465 e. The van der Waals surface area contributed by atoms with E-state index in [0.29, 0.717) is 19.3 Å². The van der Waals surface area contributed by atoms with E-state index in [1.54, 1.807) is 6.92 Å². The molecular weight excluding hydrogens is 776 g/mol. The highest BCUT2D eigenvalue weighted by molar-refractivity contribution is 5.82. The fourth-order valence-electron chi connectivity index (χ4n) is 6.23. The lowest BCUT2D eigenvalue weighted by Crippen LogP contribution is -2.51. The van der Waals surface area contributed by atoms with Crippen LogP contribution in [0.3, 0.4) is 0 Å². The number of nitrogens with one attached hydrogen (secondary N) is 2. The summed E-state index contributed by atoms with van der Waals surface area (Å²) in [6, 6.07) is -0.467. The second kappa shape index (κ2) is 24.7. The summed E-state index contributed by atoms with van der Waals surface area (Å²) in [6.07, 6.45) is 4.58. The van der Waals surface area contributed by atoms with E-state index in [1.807, 2.05) is 20.8 Å². The van der Waals surface area contributed by atoms with Gasteiger partial charge >= 0.3 is 48.0 Å². The van der Waals surface area contributed by atoms with E-state index in [4.69, 9.17) is 37.9 Å². The van der Waals surface area contributed by atoms with Crippen LogP contribution in [0.1, 0.15) is 59.8 Å². The van der Waals surface area contributed by atoms with E-state index in [0.717, 1.165) is 24.3 Å². The minimum atomic E-state index is -1.52. The van der Waals surface area contributed by atoms with Crippen LogP contribution in [0.5, 0.6) is 0 Å². The van der Waals surface area contributed by atoms with Crippen LogP contribution in [0.4, 0.5) is 9.59 Å². The predicted molar refractivity (Wildman–Crippen MR) is 210 cm³/mol. The van der Waals surface area contributed by atoms with Gasteiger partial charge in [-0.25, -0.2) is 28.8 Å². The Hall–Kier alpha value is -5.94. The molecule has 0 aliphatic heterocycles. The lowest BCUT2D eigenvalue weighted by atomic mass is 9.62. The molecule has 2 amide bonds. The highest BCUT2D eigenvalue weighted by atomic mass is 16.6. The second-order valence-electron chi connectivity index (χ2n) is 15.3. The first-order chi connectivity index (χ1) is 27.7. The molecule has 1 fully saturated rings. The van der Waals surface area contributed by atoms with Crippen LogP contribution in [0, 0.1) is 21.7 Å². The first kappa shape index (κ1) is 51.1. The van der Waals surface area contributed by atoms with Gasteiger partial charge in [-0.05, 0) is 30.1 Å². The third kappa shape index (κ3) is 19.9. The zero-order valence-electron chi connectivity index (χ0n) is 34.4. The SMILES string of the molecule is C=CCC(=O)OCC(COC(=O)C=C)(COC(=O)C=C)COC(=O)NC1CC(C)(C)CC(C)(CNC(=O)OCC(COC(=O)C=C)(COC(=O)C=C)COC(=O)CC)C1. The van der Waals surface area contributed by atoms with E-state index in [2.05, 4.69) is 43.5 Å². The maximum Gasteiger partial charge on any atom is 0.407 e. The van der Waals surface area contributed by atoms with Crippen LogP contribution in [0.2, 0.25) is 0 Å². The van der Waals surface area contributed by atoms with Crippen LogP contribution in [0.15, 0.2) is 63.3 Å². The molecule has 0 aromatic heterocycles. The minimum absolute atomic E-state index is 0.0214. The Balaban J connectivity index is 3.14. The number of amides is 2. The standard InChI is InChI=1S/C41H58N2O16/c1-10-16-35(49)57-26-41(24-55-33(47)14-5,25-56-34(48)15-6)28-59-37(51)43-29-17-38(7,8)19-39(9,18-29)20-42-36(50)58-27-40(21-52-30(44)11-2,22-53-31(45)12-3)23-54-32(46)13-4/h10-12,14-15,29H,1-3,5-6,13,16-28H2,4,7-9H3,(H,42,50)(H,43,51). The number of hydrogen-bond acceptors (Lipinski definition) is 16. The molecule has 0 aromatic rings. The molecule has 0 heterocycles. The molecule has 2 unspecified atom stereocenters. The number of ether oxygens (including phenoxy) is 8. The molecule has 1 aliphatic rings. The number of esters is 6. The predicted octanol–water partition coefficient (Wildman–Crippen LogP) is 3.99. The highest BCUT2D eigenvalue weighted by Gasteiger charge is 2.44. The third-order valence-electron chi connectivity index (χ3n) is 8.87. The Kier molecular flexibility index (Phi) is 21.4. The van der Waals surface area contributed by atoms with E-state index < -0.39 is 123 Å². The van der Waals surface area contributed by atoms with Gasteiger partial charge < -0.3 is 48.5 Å². The molecule has 1 saturated carbocycles. The molecule has 2 N–H and O–H groups in total. The first-order valence-electron chi connectivity index (χ1n) is 18.6. The van der Waals surface area contributed by atoms with Gasteiger partial charge in [-0.1, -0.05) is 60.1 Å². The maximum atomic E-state index is 13.3. The van der Waals surface area contributed by atoms with Gasteiger partial charge in [0, 0.05) is 43.3 Å². The summed E-state index contributed by atoms with van der Waals surface area (Å²) in [6.45, 7) is 20.6.